The van der Waals surface area contributed by atoms with Crippen molar-refractivity contribution in [2.24, 2.45) is 0 Å². The molecule has 1 N–H and O–H groups in total. The zero-order valence-electron chi connectivity index (χ0n) is 10.5. The molecule has 0 saturated carbocycles. The zero-order valence-corrected chi connectivity index (χ0v) is 13.6. The Balaban J connectivity index is 2.20. The quantitative estimate of drug-likeness (QED) is 0.835. The third-order valence-electron chi connectivity index (χ3n) is 2.50. The number of benzene rings is 1. The Bertz CT molecular complexity index is 546. The lowest BCUT2D eigenvalue weighted by molar-refractivity contribution is 0.718. The van der Waals surface area contributed by atoms with Gasteiger partial charge in [0.25, 0.3) is 0 Å². The molecule has 1 heterocycles. The predicted molar refractivity (Wildman–Crippen MR) is 84.9 cm³/mol. The third-order valence-corrected chi connectivity index (χ3v) is 4.28. The monoisotopic (exact) mass is 356 g/mol. The summed E-state index contributed by atoms with van der Waals surface area (Å²) in [6.07, 6.45) is 1.81. The van der Waals surface area contributed by atoms with Gasteiger partial charge in [0.2, 0.25) is 0 Å². The Morgan fingerprint density at radius 2 is 2.16 bits per heavy atom. The molecule has 100 valence electrons. The highest BCUT2D eigenvalue weighted by Crippen LogP contribution is 2.31. The van der Waals surface area contributed by atoms with Gasteiger partial charge in [-0.05, 0) is 58.4 Å². The Morgan fingerprint density at radius 3 is 2.84 bits per heavy atom. The summed E-state index contributed by atoms with van der Waals surface area (Å²) in [5.74, 6) is 0. The van der Waals surface area contributed by atoms with E-state index in [9.17, 15) is 0 Å². The molecule has 5 heteroatoms. The fraction of sp³-hybridized carbons (Fsp3) is 0.214. The number of pyridine rings is 1. The van der Waals surface area contributed by atoms with Crippen molar-refractivity contribution >= 4 is 39.3 Å². The number of nitrogens with one attached hydrogen (secondary N) is 1. The highest BCUT2D eigenvalue weighted by Gasteiger charge is 2.06. The van der Waals surface area contributed by atoms with E-state index in [1.165, 1.54) is 10.5 Å². The van der Waals surface area contributed by atoms with Gasteiger partial charge >= 0.3 is 0 Å². The fourth-order valence-corrected chi connectivity index (χ4v) is 2.88. The van der Waals surface area contributed by atoms with Gasteiger partial charge in [-0.15, -0.1) is 0 Å². The highest BCUT2D eigenvalue weighted by molar-refractivity contribution is 9.10. The maximum Gasteiger partial charge on any atom is 0.101 e. The Hall–Kier alpha value is -0.550. The van der Waals surface area contributed by atoms with Crippen molar-refractivity contribution in [1.29, 1.82) is 0 Å². The first-order valence-corrected chi connectivity index (χ1v) is 7.96. The Kier molecular flexibility index (Phi) is 5.70. The van der Waals surface area contributed by atoms with Gasteiger partial charge in [-0.1, -0.05) is 30.3 Å². The molecule has 1 aromatic heterocycles. The van der Waals surface area contributed by atoms with E-state index >= 15 is 0 Å². The first kappa shape index (κ1) is 14.9. The van der Waals surface area contributed by atoms with E-state index in [0.717, 1.165) is 27.6 Å². The normalized spacial score (nSPS) is 10.7. The second-order valence-corrected chi connectivity index (χ2v) is 6.36. The van der Waals surface area contributed by atoms with Gasteiger partial charge < -0.3 is 5.32 Å². The predicted octanol–water partition coefficient (Wildman–Crippen LogP) is 4.76. The molecule has 2 aromatic rings. The summed E-state index contributed by atoms with van der Waals surface area (Å²) < 4.78 is 0.987. The number of halogens is 2. The molecule has 2 rings (SSSR count). The fourth-order valence-electron chi connectivity index (χ4n) is 1.58. The lowest BCUT2D eigenvalue weighted by atomic mass is 10.2. The first-order valence-electron chi connectivity index (χ1n) is 5.97. The average molecular weight is 358 g/mol. The van der Waals surface area contributed by atoms with Gasteiger partial charge in [0.1, 0.15) is 5.03 Å². The molecule has 0 aliphatic rings. The molecule has 0 aliphatic carbocycles. The van der Waals surface area contributed by atoms with E-state index in [1.807, 2.05) is 36.5 Å². The van der Waals surface area contributed by atoms with E-state index in [4.69, 9.17) is 11.6 Å². The van der Waals surface area contributed by atoms with Crippen LogP contribution in [-0.4, -0.2) is 11.5 Å². The summed E-state index contributed by atoms with van der Waals surface area (Å²) in [6.45, 7) is 3.84. The number of hydrogen-bond donors (Lipinski definition) is 1. The van der Waals surface area contributed by atoms with Gasteiger partial charge in [0.15, 0.2) is 0 Å². The molecule has 0 saturated heterocycles. The second kappa shape index (κ2) is 7.29. The van der Waals surface area contributed by atoms with Gasteiger partial charge in [-0.2, -0.15) is 0 Å². The van der Waals surface area contributed by atoms with E-state index in [0.29, 0.717) is 0 Å². The summed E-state index contributed by atoms with van der Waals surface area (Å²) in [4.78, 5) is 5.56. The van der Waals surface area contributed by atoms with E-state index in [-0.39, 0.29) is 0 Å². The van der Waals surface area contributed by atoms with Crippen LogP contribution in [0.4, 0.5) is 0 Å². The van der Waals surface area contributed by atoms with Crippen LogP contribution in [0.25, 0.3) is 0 Å². The maximum atomic E-state index is 6.06. The third kappa shape index (κ3) is 4.49. The minimum absolute atomic E-state index is 0.765. The van der Waals surface area contributed by atoms with Crippen molar-refractivity contribution in [3.63, 3.8) is 0 Å². The molecule has 1 aromatic carbocycles. The van der Waals surface area contributed by atoms with Crippen LogP contribution >= 0.6 is 39.3 Å². The molecule has 0 aliphatic heterocycles. The minimum atomic E-state index is 0.765. The van der Waals surface area contributed by atoms with Crippen molar-refractivity contribution in [1.82, 2.24) is 10.3 Å². The zero-order chi connectivity index (χ0) is 13.7. The van der Waals surface area contributed by atoms with Crippen LogP contribution in [0.1, 0.15) is 12.5 Å². The molecule has 0 amide bonds. The van der Waals surface area contributed by atoms with Gasteiger partial charge in [-0.3, -0.25) is 0 Å². The number of nitrogens with zero attached hydrogens (tertiary/aromatic N) is 1. The van der Waals surface area contributed by atoms with Crippen molar-refractivity contribution in [2.75, 3.05) is 6.54 Å². The van der Waals surface area contributed by atoms with Crippen LogP contribution in [-0.2, 0) is 6.54 Å². The Labute approximate surface area is 131 Å². The van der Waals surface area contributed by atoms with Crippen LogP contribution in [0.5, 0.6) is 0 Å². The molecule has 0 radical (unpaired) electrons. The van der Waals surface area contributed by atoms with Crippen LogP contribution in [0.2, 0.25) is 5.02 Å². The highest BCUT2D eigenvalue weighted by atomic mass is 79.9. The van der Waals surface area contributed by atoms with E-state index < -0.39 is 0 Å². The molecular weight excluding hydrogens is 344 g/mol. The topological polar surface area (TPSA) is 24.9 Å². The first-order chi connectivity index (χ1) is 9.19. The van der Waals surface area contributed by atoms with Crippen LogP contribution in [0, 0.1) is 0 Å². The summed E-state index contributed by atoms with van der Waals surface area (Å²) in [5.41, 5.74) is 1.20. The molecule has 19 heavy (non-hydrogen) atoms. The summed E-state index contributed by atoms with van der Waals surface area (Å²) >= 11 is 11.1. The van der Waals surface area contributed by atoms with Crippen molar-refractivity contribution in [3.05, 3.63) is 51.6 Å². The molecule has 0 spiro atoms. The Morgan fingerprint density at radius 1 is 1.32 bits per heavy atom. The van der Waals surface area contributed by atoms with E-state index in [2.05, 4.69) is 33.2 Å². The minimum Gasteiger partial charge on any atom is -0.313 e. The van der Waals surface area contributed by atoms with Gasteiger partial charge in [-0.25, -0.2) is 4.98 Å². The molecule has 0 atom stereocenters. The average Bonchev–Trinajstić information content (AvgIpc) is 2.41. The van der Waals surface area contributed by atoms with Crippen LogP contribution in [0.15, 0.2) is 50.9 Å². The second-order valence-electron chi connectivity index (χ2n) is 3.95. The lowest BCUT2D eigenvalue weighted by Gasteiger charge is -2.10. The SMILES string of the molecule is CCNCc1cc(Cl)ccc1Sc1ccc(Br)cn1. The summed E-state index contributed by atoms with van der Waals surface area (Å²) in [5, 5.41) is 5.07. The molecule has 0 bridgehead atoms. The largest absolute Gasteiger partial charge is 0.313 e. The smallest absolute Gasteiger partial charge is 0.101 e. The molecular formula is C14H14BrClN2S. The summed E-state index contributed by atoms with van der Waals surface area (Å²) in [6, 6.07) is 9.96. The molecule has 0 unspecified atom stereocenters. The van der Waals surface area contributed by atoms with E-state index in [1.54, 1.807) is 11.8 Å². The van der Waals surface area contributed by atoms with Crippen molar-refractivity contribution < 1.29 is 0 Å². The van der Waals surface area contributed by atoms with Crippen molar-refractivity contribution in [3.8, 4) is 0 Å². The molecule has 0 fully saturated rings. The maximum absolute atomic E-state index is 6.06. The lowest BCUT2D eigenvalue weighted by Crippen LogP contribution is -2.12. The van der Waals surface area contributed by atoms with Crippen molar-refractivity contribution in [2.45, 2.75) is 23.4 Å². The standard InChI is InChI=1S/C14H14BrClN2S/c1-2-17-8-10-7-12(16)4-5-13(10)19-14-6-3-11(15)9-18-14/h3-7,9,17H,2,8H2,1H3. The van der Waals surface area contributed by atoms with Gasteiger partial charge in [0, 0.05) is 27.1 Å². The summed E-state index contributed by atoms with van der Waals surface area (Å²) in [7, 11) is 0. The number of rotatable bonds is 5. The number of hydrogen-bond acceptors (Lipinski definition) is 3. The van der Waals surface area contributed by atoms with Crippen LogP contribution in [0.3, 0.4) is 0 Å². The van der Waals surface area contributed by atoms with Gasteiger partial charge in [0.05, 0.1) is 0 Å². The molecule has 2 nitrogen and oxygen atoms in total. The van der Waals surface area contributed by atoms with Crippen LogP contribution < -0.4 is 5.32 Å². The number of aromatic nitrogens is 1.